The number of nitrogen functional groups attached to an aromatic ring is 2. The van der Waals surface area contributed by atoms with Gasteiger partial charge in [0.1, 0.15) is 5.82 Å². The Morgan fingerprint density at radius 1 is 1.18 bits per heavy atom. The van der Waals surface area contributed by atoms with Crippen LogP contribution in [-0.4, -0.2) is 40.0 Å². The molecule has 1 aliphatic heterocycles. The molecule has 3 aromatic heterocycles. The average molecular weight is 472 g/mol. The van der Waals surface area contributed by atoms with Crippen LogP contribution >= 0.6 is 0 Å². The first kappa shape index (κ1) is 23.2. The highest BCUT2D eigenvalue weighted by atomic mass is 19.4. The molecule has 1 atom stereocenters. The molecule has 178 valence electrons. The monoisotopic (exact) mass is 472 g/mol. The summed E-state index contributed by atoms with van der Waals surface area (Å²) >= 11 is 0. The Kier molecular flexibility index (Phi) is 6.24. The lowest BCUT2D eigenvalue weighted by Crippen LogP contribution is -2.43. The highest BCUT2D eigenvalue weighted by Gasteiger charge is 2.34. The third-order valence-electron chi connectivity index (χ3n) is 5.51. The summed E-state index contributed by atoms with van der Waals surface area (Å²) in [6, 6.07) is 5.44. The second-order valence-corrected chi connectivity index (χ2v) is 7.98. The molecule has 0 saturated carbocycles. The summed E-state index contributed by atoms with van der Waals surface area (Å²) in [6.07, 6.45) is 1.44. The summed E-state index contributed by atoms with van der Waals surface area (Å²) in [4.78, 5) is 27.0. The van der Waals surface area contributed by atoms with Crippen molar-refractivity contribution < 1.29 is 18.0 Å². The zero-order chi connectivity index (χ0) is 24.5. The van der Waals surface area contributed by atoms with Crippen LogP contribution in [0.15, 0.2) is 42.9 Å². The molecule has 3 aromatic rings. The molecule has 7 N–H and O–H groups in total. The number of hydrogen-bond acceptors (Lipinski definition) is 8. The van der Waals surface area contributed by atoms with Crippen LogP contribution in [0.1, 0.15) is 28.9 Å². The van der Waals surface area contributed by atoms with Gasteiger partial charge in [-0.1, -0.05) is 0 Å². The van der Waals surface area contributed by atoms with Crippen LogP contribution in [0, 0.1) is 0 Å². The van der Waals surface area contributed by atoms with Crippen LogP contribution in [0.4, 0.5) is 36.1 Å². The topological polar surface area (TPSA) is 149 Å². The quantitative estimate of drug-likeness (QED) is 0.453. The summed E-state index contributed by atoms with van der Waals surface area (Å²) in [5, 5.41) is 2.76. The number of hydrogen-bond donors (Lipinski definition) is 4. The van der Waals surface area contributed by atoms with E-state index in [1.807, 2.05) is 0 Å². The number of nitrogens with two attached hydrogens (primary N) is 3. The Bertz CT molecular complexity index is 1220. The first-order chi connectivity index (χ1) is 16.1. The molecule has 4 rings (SSSR count). The first-order valence-electron chi connectivity index (χ1n) is 10.5. The number of aromatic nitrogens is 3. The van der Waals surface area contributed by atoms with Gasteiger partial charge in [-0.15, -0.1) is 0 Å². The molecule has 9 nitrogen and oxygen atoms in total. The van der Waals surface area contributed by atoms with E-state index in [1.54, 1.807) is 12.3 Å². The first-order valence-corrected chi connectivity index (χ1v) is 10.5. The summed E-state index contributed by atoms with van der Waals surface area (Å²) in [5.74, 6) is -1.28. The number of piperidine rings is 1. The summed E-state index contributed by atoms with van der Waals surface area (Å²) in [5.41, 5.74) is 17.6. The fourth-order valence-corrected chi connectivity index (χ4v) is 3.82. The fraction of sp³-hybridized carbons (Fsp3) is 0.273. The molecular formula is C22H23F3N8O. The van der Waals surface area contributed by atoms with Crippen LogP contribution in [0.3, 0.4) is 0 Å². The lowest BCUT2D eigenvalue weighted by Gasteiger charge is -2.33. The molecule has 1 aliphatic rings. The molecule has 1 unspecified atom stereocenters. The third-order valence-corrected chi connectivity index (χ3v) is 5.51. The van der Waals surface area contributed by atoms with Gasteiger partial charge in [-0.05, 0) is 37.1 Å². The van der Waals surface area contributed by atoms with Gasteiger partial charge < -0.3 is 27.4 Å². The van der Waals surface area contributed by atoms with Crippen molar-refractivity contribution >= 4 is 28.8 Å². The van der Waals surface area contributed by atoms with Gasteiger partial charge in [0.15, 0.2) is 5.69 Å². The molecule has 0 bridgehead atoms. The molecule has 0 spiro atoms. The minimum atomic E-state index is -4.69. The molecule has 1 fully saturated rings. The lowest BCUT2D eigenvalue weighted by molar-refractivity contribution is -0.137. The van der Waals surface area contributed by atoms with Gasteiger partial charge in [0.2, 0.25) is 0 Å². The highest BCUT2D eigenvalue weighted by molar-refractivity contribution is 6.07. The minimum Gasteiger partial charge on any atom is -0.397 e. The molecule has 4 heterocycles. The van der Waals surface area contributed by atoms with E-state index in [0.29, 0.717) is 12.2 Å². The maximum atomic E-state index is 13.2. The van der Waals surface area contributed by atoms with Crippen molar-refractivity contribution in [2.45, 2.75) is 25.1 Å². The molecule has 1 amide bonds. The number of anilines is 4. The number of amides is 1. The molecule has 0 aromatic carbocycles. The third kappa shape index (κ3) is 4.86. The van der Waals surface area contributed by atoms with Crippen molar-refractivity contribution in [3.05, 3.63) is 54.1 Å². The Hall–Kier alpha value is -3.93. The normalized spacial score (nSPS) is 16.4. The number of carbonyl (C=O) groups excluding carboxylic acids is 1. The van der Waals surface area contributed by atoms with Gasteiger partial charge in [0.25, 0.3) is 5.91 Å². The van der Waals surface area contributed by atoms with Gasteiger partial charge >= 0.3 is 6.18 Å². The van der Waals surface area contributed by atoms with Crippen molar-refractivity contribution in [2.24, 2.45) is 5.73 Å². The number of carbonyl (C=O) groups is 1. The van der Waals surface area contributed by atoms with Crippen LogP contribution in [0.5, 0.6) is 0 Å². The van der Waals surface area contributed by atoms with E-state index >= 15 is 0 Å². The van der Waals surface area contributed by atoms with Gasteiger partial charge in [-0.2, -0.15) is 13.2 Å². The maximum absolute atomic E-state index is 13.2. The number of alkyl halides is 3. The predicted molar refractivity (Wildman–Crippen MR) is 123 cm³/mol. The molecule has 1 saturated heterocycles. The zero-order valence-corrected chi connectivity index (χ0v) is 18.0. The zero-order valence-electron chi connectivity index (χ0n) is 18.0. The van der Waals surface area contributed by atoms with E-state index in [0.717, 1.165) is 37.3 Å². The van der Waals surface area contributed by atoms with Gasteiger partial charge in [-0.3, -0.25) is 9.78 Å². The second-order valence-electron chi connectivity index (χ2n) is 7.98. The molecule has 12 heteroatoms. The number of nitrogens with zero attached hydrogens (tertiary/aromatic N) is 4. The number of halogens is 3. The van der Waals surface area contributed by atoms with Crippen LogP contribution in [0.2, 0.25) is 0 Å². The predicted octanol–water partition coefficient (Wildman–Crippen LogP) is 2.90. The van der Waals surface area contributed by atoms with Crippen molar-refractivity contribution in [1.29, 1.82) is 0 Å². The van der Waals surface area contributed by atoms with Crippen molar-refractivity contribution in [3.63, 3.8) is 0 Å². The Labute approximate surface area is 193 Å². The van der Waals surface area contributed by atoms with E-state index in [9.17, 15) is 18.0 Å². The van der Waals surface area contributed by atoms with Crippen molar-refractivity contribution in [2.75, 3.05) is 34.8 Å². The molecule has 0 radical (unpaired) electrons. The Morgan fingerprint density at radius 2 is 1.97 bits per heavy atom. The van der Waals surface area contributed by atoms with Gasteiger partial charge in [0.05, 0.1) is 34.5 Å². The number of nitrogens with one attached hydrogen (secondary N) is 1. The van der Waals surface area contributed by atoms with Gasteiger partial charge in [0, 0.05) is 37.1 Å². The van der Waals surface area contributed by atoms with Crippen LogP contribution in [-0.2, 0) is 6.18 Å². The number of rotatable bonds is 4. The molecular weight excluding hydrogens is 449 g/mol. The second kappa shape index (κ2) is 9.14. The highest BCUT2D eigenvalue weighted by Crippen LogP contribution is 2.35. The lowest BCUT2D eigenvalue weighted by atomic mass is 10.1. The number of pyridine rings is 3. The van der Waals surface area contributed by atoms with Crippen LogP contribution < -0.4 is 27.4 Å². The Balaban J connectivity index is 1.64. The largest absolute Gasteiger partial charge is 0.419 e. The SMILES string of the molecule is Nc1ccc(-c2cnc(N)c(C(F)(F)F)c2)nc1C(=O)Nc1cnccc1N1CCCC(N)C1. The summed E-state index contributed by atoms with van der Waals surface area (Å²) in [6.45, 7) is 1.41. The smallest absolute Gasteiger partial charge is 0.397 e. The molecule has 34 heavy (non-hydrogen) atoms. The van der Waals surface area contributed by atoms with Crippen molar-refractivity contribution in [1.82, 2.24) is 15.0 Å². The minimum absolute atomic E-state index is 0.0227. The van der Waals surface area contributed by atoms with E-state index in [1.165, 1.54) is 18.3 Å². The van der Waals surface area contributed by atoms with Crippen molar-refractivity contribution in [3.8, 4) is 11.3 Å². The average Bonchev–Trinajstić information content (AvgIpc) is 2.79. The fourth-order valence-electron chi connectivity index (χ4n) is 3.82. The van der Waals surface area contributed by atoms with Gasteiger partial charge in [-0.25, -0.2) is 9.97 Å². The van der Waals surface area contributed by atoms with E-state index in [4.69, 9.17) is 17.2 Å². The van der Waals surface area contributed by atoms with E-state index < -0.39 is 23.5 Å². The summed E-state index contributed by atoms with van der Waals surface area (Å²) < 4.78 is 39.7. The van der Waals surface area contributed by atoms with Crippen LogP contribution in [0.25, 0.3) is 11.3 Å². The standard InChI is InChI=1S/C22H23F3N8O/c23-22(24,25)14-8-12(9-30-20(14)28)16-4-3-15(27)19(31-16)21(34)32-17-10-29-6-5-18(17)33-7-1-2-13(26)11-33/h3-6,8-10,13H,1-2,7,11,26-27H2,(H2,28,30)(H,32,34). The molecule has 0 aliphatic carbocycles. The Morgan fingerprint density at radius 3 is 2.71 bits per heavy atom. The van der Waals surface area contributed by atoms with E-state index in [2.05, 4.69) is 25.2 Å². The van der Waals surface area contributed by atoms with E-state index in [-0.39, 0.29) is 28.7 Å². The maximum Gasteiger partial charge on any atom is 0.419 e. The summed E-state index contributed by atoms with van der Waals surface area (Å²) in [7, 11) is 0.